The number of esters is 1. The number of ketones is 1. The van der Waals surface area contributed by atoms with E-state index in [-0.39, 0.29) is 73.2 Å². The van der Waals surface area contributed by atoms with Crippen molar-refractivity contribution in [1.29, 1.82) is 0 Å². The van der Waals surface area contributed by atoms with E-state index in [0.717, 1.165) is 17.1 Å². The lowest BCUT2D eigenvalue weighted by molar-refractivity contribution is -0.170. The van der Waals surface area contributed by atoms with Crippen LogP contribution in [0, 0.1) is 59.0 Å². The number of halogens is 2. The van der Waals surface area contributed by atoms with Gasteiger partial charge in [0.1, 0.15) is 35.7 Å². The van der Waals surface area contributed by atoms with Crippen molar-refractivity contribution >= 4 is 35.4 Å². The van der Waals surface area contributed by atoms with Gasteiger partial charge in [0.15, 0.2) is 17.4 Å². The van der Waals surface area contributed by atoms with Crippen LogP contribution in [0.15, 0.2) is 60.2 Å². The molecule has 4 rings (SSSR count). The topological polar surface area (TPSA) is 264 Å². The quantitative estimate of drug-likeness (QED) is 0.0517. The first-order chi connectivity index (χ1) is 37.2. The number of allylic oxidation sites excluding steroid dienone is 6. The molecule has 15 atom stereocenters. The lowest BCUT2D eigenvalue weighted by Gasteiger charge is -2.47. The molecule has 17 nitrogen and oxygen atoms in total. The number of fused-ring (bicyclic) bond motifs is 2. The number of hydrogen-bond acceptors (Lipinski definition) is 13. The van der Waals surface area contributed by atoms with E-state index in [0.29, 0.717) is 56.9 Å². The van der Waals surface area contributed by atoms with E-state index < -0.39 is 119 Å². The number of amides is 4. The van der Waals surface area contributed by atoms with Crippen LogP contribution >= 0.6 is 0 Å². The van der Waals surface area contributed by atoms with Gasteiger partial charge in [-0.3, -0.25) is 29.0 Å². The Morgan fingerprint density at radius 3 is 2.25 bits per heavy atom. The number of hydrazine groups is 1. The van der Waals surface area contributed by atoms with Crippen LogP contribution in [0.4, 0.5) is 8.78 Å². The summed E-state index contributed by atoms with van der Waals surface area (Å²) >= 11 is 0. The van der Waals surface area contributed by atoms with Crippen LogP contribution in [-0.4, -0.2) is 121 Å². The molecule has 79 heavy (non-hydrogen) atoms. The normalized spacial score (nSPS) is 30.2. The Hall–Kier alpha value is -5.34. The van der Waals surface area contributed by atoms with Crippen molar-refractivity contribution < 1.29 is 67.8 Å². The Labute approximate surface area is 466 Å². The molecule has 3 aliphatic heterocycles. The van der Waals surface area contributed by atoms with E-state index >= 15 is 0 Å². The number of phenols is 1. The highest BCUT2D eigenvalue weighted by Crippen LogP contribution is 2.38. The summed E-state index contributed by atoms with van der Waals surface area (Å²) in [7, 11) is 0. The first kappa shape index (κ1) is 66.2. The average Bonchev–Trinajstić information content (AvgIpc) is 3.43. The number of aromatic hydroxyl groups is 1. The molecule has 2 saturated heterocycles. The number of nitrogens with one attached hydrogen (secondary N) is 4. The smallest absolute Gasteiger partial charge is 0.325 e. The number of cyclic esters (lactones) is 1. The average molecular weight is 1110 g/mol. The highest BCUT2D eigenvalue weighted by atomic mass is 19.2. The van der Waals surface area contributed by atoms with Crippen LogP contribution in [0.5, 0.6) is 5.75 Å². The molecule has 2 fully saturated rings. The van der Waals surface area contributed by atoms with E-state index in [1.807, 2.05) is 65.0 Å². The molecule has 1 aromatic rings. The number of aliphatic hydroxyl groups is 4. The molecule has 0 aliphatic carbocycles. The highest BCUT2D eigenvalue weighted by molar-refractivity contribution is 5.93. The minimum absolute atomic E-state index is 0.000890. The van der Waals surface area contributed by atoms with Crippen LogP contribution in [0.3, 0.4) is 0 Å². The van der Waals surface area contributed by atoms with Gasteiger partial charge in [-0.1, -0.05) is 97.9 Å². The zero-order chi connectivity index (χ0) is 58.9. The Balaban J connectivity index is 1.53. The molecule has 2 bridgehead atoms. The van der Waals surface area contributed by atoms with Gasteiger partial charge in [-0.15, -0.1) is 0 Å². The number of nitrogens with zero attached hydrogens (tertiary/aromatic N) is 1. The Morgan fingerprint density at radius 2 is 1.61 bits per heavy atom. The zero-order valence-electron chi connectivity index (χ0n) is 48.1. The fourth-order valence-corrected chi connectivity index (χ4v) is 10.8. The number of rotatable bonds is 19. The van der Waals surface area contributed by atoms with Gasteiger partial charge in [-0.2, -0.15) is 4.39 Å². The molecular formula is C60H91F2N5O12. The van der Waals surface area contributed by atoms with Crippen LogP contribution in [0.1, 0.15) is 152 Å². The first-order valence-electron chi connectivity index (χ1n) is 28.5. The Bertz CT molecular complexity index is 2340. The summed E-state index contributed by atoms with van der Waals surface area (Å²) < 4.78 is 34.9. The first-order valence-corrected chi connectivity index (χ1v) is 28.5. The summed E-state index contributed by atoms with van der Waals surface area (Å²) in [5.41, 5.74) is 2.08. The zero-order valence-corrected chi connectivity index (χ0v) is 48.1. The second kappa shape index (κ2) is 31.0. The van der Waals surface area contributed by atoms with E-state index in [1.54, 1.807) is 39.8 Å². The van der Waals surface area contributed by atoms with Crippen molar-refractivity contribution in [3.8, 4) is 5.75 Å². The second-order valence-electron chi connectivity index (χ2n) is 23.1. The second-order valence-corrected chi connectivity index (χ2v) is 23.1. The summed E-state index contributed by atoms with van der Waals surface area (Å²) in [6.45, 7) is 17.8. The maximum Gasteiger partial charge on any atom is 0.325 e. The molecule has 9 N–H and O–H groups in total. The van der Waals surface area contributed by atoms with Crippen molar-refractivity contribution in [2.24, 2.45) is 47.3 Å². The third kappa shape index (κ3) is 18.9. The van der Waals surface area contributed by atoms with Crippen molar-refractivity contribution in [2.45, 2.75) is 201 Å². The highest BCUT2D eigenvalue weighted by Gasteiger charge is 2.49. The van der Waals surface area contributed by atoms with Crippen molar-refractivity contribution in [2.75, 3.05) is 6.54 Å². The minimum Gasteiger partial charge on any atom is -0.505 e. The molecule has 0 saturated carbocycles. The molecule has 12 unspecified atom stereocenters. The molecule has 4 amide bonds. The maximum atomic E-state index is 14.6. The lowest BCUT2D eigenvalue weighted by Crippen LogP contribution is -2.65. The van der Waals surface area contributed by atoms with Gasteiger partial charge < -0.3 is 51.0 Å². The number of Topliss-reactive ketones (excluding diaryl/α,β-unsaturated/α-hetero) is 1. The van der Waals surface area contributed by atoms with E-state index in [1.165, 1.54) is 6.92 Å². The number of carbonyl (C=O) groups is 6. The van der Waals surface area contributed by atoms with Crippen LogP contribution < -0.4 is 21.4 Å². The molecule has 19 heteroatoms. The van der Waals surface area contributed by atoms with E-state index in [2.05, 4.69) is 21.4 Å². The third-order valence-corrected chi connectivity index (χ3v) is 16.5. The fourth-order valence-electron chi connectivity index (χ4n) is 10.8. The Kier molecular flexibility index (Phi) is 26.0. The number of phenolic OH excluding ortho intramolecular Hbond substituents is 1. The molecular weight excluding hydrogens is 1020 g/mol. The van der Waals surface area contributed by atoms with Crippen LogP contribution in [0.25, 0.3) is 0 Å². The minimum atomic E-state index is -1.53. The molecule has 0 spiro atoms. The largest absolute Gasteiger partial charge is 0.505 e. The lowest BCUT2D eigenvalue weighted by atomic mass is 9.72. The number of aliphatic hydroxyl groups excluding tert-OH is 3. The van der Waals surface area contributed by atoms with Crippen LogP contribution in [-0.2, 0) is 39.9 Å². The summed E-state index contributed by atoms with van der Waals surface area (Å²) in [4.78, 5) is 81.5. The summed E-state index contributed by atoms with van der Waals surface area (Å²) in [6, 6.07) is -2.05. The van der Waals surface area contributed by atoms with Gasteiger partial charge in [-0.05, 0) is 125 Å². The summed E-state index contributed by atoms with van der Waals surface area (Å²) in [6.07, 6.45) is 13.5. The third-order valence-electron chi connectivity index (χ3n) is 16.5. The number of hydrogen-bond donors (Lipinski definition) is 9. The molecule has 3 aliphatic rings. The number of carbonyl (C=O) groups excluding carboxylic acids is 6. The van der Waals surface area contributed by atoms with Crippen molar-refractivity contribution in [3.63, 3.8) is 0 Å². The predicted molar refractivity (Wildman–Crippen MR) is 296 cm³/mol. The fraction of sp³-hybridized carbons (Fsp3) is 0.667. The maximum absolute atomic E-state index is 14.6. The molecule has 442 valence electrons. The van der Waals surface area contributed by atoms with Gasteiger partial charge in [0, 0.05) is 43.6 Å². The molecule has 0 radical (unpaired) electrons. The van der Waals surface area contributed by atoms with Gasteiger partial charge >= 0.3 is 5.97 Å². The summed E-state index contributed by atoms with van der Waals surface area (Å²) in [5, 5.41) is 65.0. The molecule has 0 aromatic heterocycles. The van der Waals surface area contributed by atoms with E-state index in [4.69, 9.17) is 4.74 Å². The molecule has 3 heterocycles. The van der Waals surface area contributed by atoms with Crippen LogP contribution in [0.2, 0.25) is 0 Å². The van der Waals surface area contributed by atoms with Crippen molar-refractivity contribution in [3.05, 3.63) is 77.4 Å². The predicted octanol–water partition coefficient (Wildman–Crippen LogP) is 6.70. The Morgan fingerprint density at radius 1 is 0.924 bits per heavy atom. The number of benzene rings is 1. The number of ether oxygens (including phenoxy) is 1. The summed E-state index contributed by atoms with van der Waals surface area (Å²) in [5.74, 6) is -10.7. The van der Waals surface area contributed by atoms with E-state index in [9.17, 15) is 63.1 Å². The number of piperidine rings is 1. The van der Waals surface area contributed by atoms with Gasteiger partial charge in [0.2, 0.25) is 17.7 Å². The SMILES string of the molecule is CCC1C[C@H](C)[C@@](O)(C(C)C(O)C(C)CCC(O)C(C)CC/C=C/C=C(\C)[C@@H]2C/C=C/C=C/CC(C)C(O)C(CCC(C)=O)C(=O)NC(C(C)C)C(=O)NC(Cc3cc(O)c(F)c(F)c3)C(=O)N3CCCC(N3)C(=O)O2)NC1=O. The monoisotopic (exact) mass is 1110 g/mol. The van der Waals surface area contributed by atoms with Gasteiger partial charge in [-0.25, -0.2) is 9.82 Å². The standard InChI is InChI=1S/C60H91F2N5O12/c1-11-43-30-39(8)60(78,65-55(43)73)41(10)53(71)38(7)25-28-48(69)35(4)20-16-14-17-21-36(5)50-24-18-13-12-15-22-37(6)54(72)44(27-26-40(9)68)56(74)64-52(34(2)3)57(75)63-47(32-42-31-45(61)51(62)49(70)33-42)58(76)67-29-19-23-46(66-67)59(77)79-50/h12-15,17-18,21,31,33-35,37-39,41,43-44,46-48,50,52-54,66,69-72,78H,11,16,19-20,22-30,32H2,1-10H3,(H,63,75)(H,64,74)(H,65,73)/b15-12+,17-14+,18-13+,36-21+/t35?,37?,38?,39-,41?,43?,44?,46?,47?,48?,50-,52?,53?,54?,60+/m0/s1. The van der Waals surface area contributed by atoms with Gasteiger partial charge in [0.05, 0.1) is 24.2 Å². The molecule has 1 aromatic carbocycles. The van der Waals surface area contributed by atoms with Gasteiger partial charge in [0.25, 0.3) is 5.91 Å². The van der Waals surface area contributed by atoms with Crippen molar-refractivity contribution in [1.82, 2.24) is 26.4 Å².